The second-order valence-electron chi connectivity index (χ2n) is 7.01. The molecular weight excluding hydrogens is 342 g/mol. The van der Waals surface area contributed by atoms with E-state index in [1.54, 1.807) is 25.1 Å². The van der Waals surface area contributed by atoms with Crippen LogP contribution in [0.4, 0.5) is 0 Å². The minimum absolute atomic E-state index is 0.134. The number of ether oxygens (including phenoxy) is 1. The Bertz CT molecular complexity index is 1060. The quantitative estimate of drug-likeness (QED) is 0.665. The molecule has 138 valence electrons. The number of carbonyl (C=O) groups excluding carboxylic acids is 1. The Kier molecular flexibility index (Phi) is 4.54. The average Bonchev–Trinajstić information content (AvgIpc) is 3.09. The molecule has 0 bridgehead atoms. The smallest absolute Gasteiger partial charge is 0.342 e. The molecule has 0 aliphatic carbocycles. The van der Waals surface area contributed by atoms with Crippen molar-refractivity contribution < 1.29 is 13.9 Å². The normalized spacial score (nSPS) is 17.3. The molecule has 0 spiro atoms. The Hall–Kier alpha value is -2.92. The Balaban J connectivity index is 1.81. The van der Waals surface area contributed by atoms with Gasteiger partial charge < -0.3 is 14.1 Å². The highest BCUT2D eigenvalue weighted by molar-refractivity contribution is 6.02. The number of nitrogens with zero attached hydrogens (tertiary/aromatic N) is 1. The van der Waals surface area contributed by atoms with Crippen LogP contribution in [0.1, 0.15) is 22.3 Å². The molecule has 1 fully saturated rings. The van der Waals surface area contributed by atoms with E-state index in [2.05, 4.69) is 4.90 Å². The van der Waals surface area contributed by atoms with Crippen molar-refractivity contribution >= 4 is 16.9 Å². The molecule has 0 N–H and O–H groups in total. The summed E-state index contributed by atoms with van der Waals surface area (Å²) in [6.07, 6.45) is 0.675. The number of hydrogen-bond donors (Lipinski definition) is 0. The lowest BCUT2D eigenvalue weighted by Gasteiger charge is -2.14. The molecule has 0 saturated carbocycles. The Morgan fingerprint density at radius 1 is 1.15 bits per heavy atom. The van der Waals surface area contributed by atoms with Gasteiger partial charge in [0, 0.05) is 24.2 Å². The Labute approximate surface area is 157 Å². The second kappa shape index (κ2) is 7.00. The number of rotatable bonds is 3. The summed E-state index contributed by atoms with van der Waals surface area (Å²) < 4.78 is 11.7. The van der Waals surface area contributed by atoms with E-state index in [1.165, 1.54) is 0 Å². The fourth-order valence-corrected chi connectivity index (χ4v) is 3.54. The molecule has 1 aliphatic rings. The van der Waals surface area contributed by atoms with Crippen LogP contribution in [0.25, 0.3) is 22.3 Å². The monoisotopic (exact) mass is 363 g/mol. The number of fused-ring (bicyclic) bond motifs is 1. The van der Waals surface area contributed by atoms with E-state index in [1.807, 2.05) is 37.4 Å². The van der Waals surface area contributed by atoms with Crippen LogP contribution in [0.2, 0.25) is 0 Å². The first-order valence-corrected chi connectivity index (χ1v) is 9.06. The largest absolute Gasteiger partial charge is 0.457 e. The third-order valence-electron chi connectivity index (χ3n) is 5.02. The number of hydrogen-bond acceptors (Lipinski definition) is 5. The summed E-state index contributed by atoms with van der Waals surface area (Å²) in [4.78, 5) is 27.8. The molecule has 1 aromatic heterocycles. The third-order valence-corrected chi connectivity index (χ3v) is 5.02. The van der Waals surface area contributed by atoms with E-state index in [4.69, 9.17) is 9.15 Å². The van der Waals surface area contributed by atoms with E-state index >= 15 is 0 Å². The van der Waals surface area contributed by atoms with Crippen molar-refractivity contribution in [3.63, 3.8) is 0 Å². The van der Waals surface area contributed by atoms with Crippen LogP contribution in [-0.2, 0) is 4.74 Å². The predicted molar refractivity (Wildman–Crippen MR) is 104 cm³/mol. The van der Waals surface area contributed by atoms with Crippen LogP contribution in [0.3, 0.4) is 0 Å². The van der Waals surface area contributed by atoms with Crippen LogP contribution in [0.5, 0.6) is 0 Å². The fraction of sp³-hybridized carbons (Fsp3) is 0.273. The summed E-state index contributed by atoms with van der Waals surface area (Å²) in [7, 11) is 2.00. The minimum Gasteiger partial charge on any atom is -0.457 e. The van der Waals surface area contributed by atoms with Crippen LogP contribution in [-0.4, -0.2) is 37.1 Å². The molecule has 1 atom stereocenters. The highest BCUT2D eigenvalue weighted by Gasteiger charge is 2.25. The van der Waals surface area contributed by atoms with Crippen LogP contribution >= 0.6 is 0 Å². The maximum Gasteiger partial charge on any atom is 0.342 e. The molecule has 2 heterocycles. The van der Waals surface area contributed by atoms with Crippen LogP contribution < -0.4 is 5.43 Å². The van der Waals surface area contributed by atoms with Gasteiger partial charge in [0.15, 0.2) is 11.0 Å². The van der Waals surface area contributed by atoms with Gasteiger partial charge in [0.05, 0.1) is 5.39 Å². The fourth-order valence-electron chi connectivity index (χ4n) is 3.54. The van der Waals surface area contributed by atoms with Crippen molar-refractivity contribution in [1.29, 1.82) is 0 Å². The maximum absolute atomic E-state index is 12.9. The topological polar surface area (TPSA) is 59.8 Å². The number of para-hydroxylation sites is 1. The second-order valence-corrected chi connectivity index (χ2v) is 7.01. The molecule has 5 heteroatoms. The zero-order valence-corrected chi connectivity index (χ0v) is 15.4. The van der Waals surface area contributed by atoms with Gasteiger partial charge in [0.25, 0.3) is 0 Å². The van der Waals surface area contributed by atoms with Crippen LogP contribution in [0, 0.1) is 6.92 Å². The lowest BCUT2D eigenvalue weighted by Crippen LogP contribution is -2.22. The summed E-state index contributed by atoms with van der Waals surface area (Å²) >= 11 is 0. The zero-order chi connectivity index (χ0) is 19.0. The Morgan fingerprint density at radius 2 is 1.93 bits per heavy atom. The standard InChI is InChI=1S/C22H21NO4/c1-14-19(24)17-9-6-10-18(22(25)26-16-11-12-23(2)13-16)21(17)27-20(14)15-7-4-3-5-8-15/h3-10,16H,11-13H2,1-2H3. The van der Waals surface area contributed by atoms with Gasteiger partial charge in [-0.05, 0) is 32.5 Å². The van der Waals surface area contributed by atoms with E-state index in [9.17, 15) is 9.59 Å². The number of benzene rings is 2. The van der Waals surface area contributed by atoms with Crippen molar-refractivity contribution in [2.75, 3.05) is 20.1 Å². The van der Waals surface area contributed by atoms with Crippen LogP contribution in [0.15, 0.2) is 57.7 Å². The average molecular weight is 363 g/mol. The summed E-state index contributed by atoms with van der Waals surface area (Å²) in [5, 5.41) is 0.394. The van der Waals surface area contributed by atoms with Crippen molar-refractivity contribution in [2.45, 2.75) is 19.4 Å². The molecule has 27 heavy (non-hydrogen) atoms. The van der Waals surface area contributed by atoms with Gasteiger partial charge in [-0.15, -0.1) is 0 Å². The maximum atomic E-state index is 12.9. The van der Waals surface area contributed by atoms with Gasteiger partial charge in [0.1, 0.15) is 17.4 Å². The number of likely N-dealkylation sites (tertiary alicyclic amines) is 1. The molecular formula is C22H21NO4. The summed E-state index contributed by atoms with van der Waals surface area (Å²) in [6.45, 7) is 3.36. The molecule has 1 saturated heterocycles. The van der Waals surface area contributed by atoms with Gasteiger partial charge in [0.2, 0.25) is 0 Å². The minimum atomic E-state index is -0.452. The first kappa shape index (κ1) is 17.5. The molecule has 0 amide bonds. The lowest BCUT2D eigenvalue weighted by molar-refractivity contribution is 0.0328. The molecule has 2 aromatic carbocycles. The van der Waals surface area contributed by atoms with Gasteiger partial charge in [-0.3, -0.25) is 4.79 Å². The first-order valence-electron chi connectivity index (χ1n) is 9.06. The highest BCUT2D eigenvalue weighted by Crippen LogP contribution is 2.28. The summed E-state index contributed by atoms with van der Waals surface area (Å²) in [6, 6.07) is 14.5. The number of esters is 1. The van der Waals surface area contributed by atoms with E-state index in [0.29, 0.717) is 16.7 Å². The summed E-state index contributed by atoms with van der Waals surface area (Å²) in [5.74, 6) is 0.0286. The van der Waals surface area contributed by atoms with E-state index in [-0.39, 0.29) is 22.7 Å². The van der Waals surface area contributed by atoms with E-state index < -0.39 is 5.97 Å². The molecule has 0 radical (unpaired) electrons. The predicted octanol–water partition coefficient (Wildman–Crippen LogP) is 3.63. The van der Waals surface area contributed by atoms with Crippen molar-refractivity contribution in [3.8, 4) is 11.3 Å². The zero-order valence-electron chi connectivity index (χ0n) is 15.4. The molecule has 1 unspecified atom stereocenters. The first-order chi connectivity index (χ1) is 13.0. The van der Waals surface area contributed by atoms with Gasteiger partial charge in [-0.1, -0.05) is 36.4 Å². The molecule has 5 nitrogen and oxygen atoms in total. The van der Waals surface area contributed by atoms with Gasteiger partial charge in [-0.2, -0.15) is 0 Å². The van der Waals surface area contributed by atoms with Gasteiger partial charge in [-0.25, -0.2) is 4.79 Å². The highest BCUT2D eigenvalue weighted by atomic mass is 16.5. The molecule has 3 aromatic rings. The number of likely N-dealkylation sites (N-methyl/N-ethyl adjacent to an activating group) is 1. The molecule has 1 aliphatic heterocycles. The van der Waals surface area contributed by atoms with Crippen molar-refractivity contribution in [3.05, 3.63) is 69.9 Å². The third kappa shape index (κ3) is 3.26. The summed E-state index contributed by atoms with van der Waals surface area (Å²) in [5.41, 5.74) is 1.76. The van der Waals surface area contributed by atoms with E-state index in [0.717, 1.165) is 25.1 Å². The SMILES string of the molecule is Cc1c(-c2ccccc2)oc2c(C(=O)OC3CCN(C)C3)cccc2c1=O. The molecule has 4 rings (SSSR count). The number of carbonyl (C=O) groups is 1. The van der Waals surface area contributed by atoms with Crippen molar-refractivity contribution in [1.82, 2.24) is 4.90 Å². The Morgan fingerprint density at radius 3 is 2.63 bits per heavy atom. The van der Waals surface area contributed by atoms with Gasteiger partial charge >= 0.3 is 5.97 Å². The van der Waals surface area contributed by atoms with Crippen molar-refractivity contribution in [2.24, 2.45) is 0 Å². The lowest BCUT2D eigenvalue weighted by atomic mass is 10.0.